The number of hydrogen-bond donors (Lipinski definition) is 1. The standard InChI is InChI=1S/C13H13N/c1-2-6-12(7-3-1)8-4-9-13-10-5-11-14-13/h1-8,10-11,14H,9H2. The maximum atomic E-state index is 3.17. The number of nitrogens with one attached hydrogen (secondary N) is 1. The fourth-order valence-electron chi connectivity index (χ4n) is 1.38. The molecule has 70 valence electrons. The zero-order valence-electron chi connectivity index (χ0n) is 7.98. The highest BCUT2D eigenvalue weighted by molar-refractivity contribution is 5.49. The smallest absolute Gasteiger partial charge is 0.0185 e. The molecule has 0 aliphatic carbocycles. The van der Waals surface area contributed by atoms with E-state index in [2.05, 4.69) is 35.3 Å². The monoisotopic (exact) mass is 183 g/mol. The summed E-state index contributed by atoms with van der Waals surface area (Å²) in [6.07, 6.45) is 7.22. The molecule has 0 aliphatic rings. The van der Waals surface area contributed by atoms with Crippen LogP contribution in [-0.2, 0) is 6.42 Å². The zero-order chi connectivity index (χ0) is 9.64. The summed E-state index contributed by atoms with van der Waals surface area (Å²) in [5.74, 6) is 0. The Bertz CT molecular complexity index is 384. The van der Waals surface area contributed by atoms with Crippen molar-refractivity contribution in [2.24, 2.45) is 0 Å². The third kappa shape index (κ3) is 2.36. The van der Waals surface area contributed by atoms with Crippen LogP contribution in [0.2, 0.25) is 0 Å². The van der Waals surface area contributed by atoms with Gasteiger partial charge >= 0.3 is 0 Å². The van der Waals surface area contributed by atoms with Gasteiger partial charge in [-0.15, -0.1) is 0 Å². The molecule has 14 heavy (non-hydrogen) atoms. The van der Waals surface area contributed by atoms with Gasteiger partial charge in [-0.1, -0.05) is 42.5 Å². The van der Waals surface area contributed by atoms with Crippen molar-refractivity contribution < 1.29 is 0 Å². The quantitative estimate of drug-likeness (QED) is 0.751. The lowest BCUT2D eigenvalue weighted by Crippen LogP contribution is -1.78. The fourth-order valence-corrected chi connectivity index (χ4v) is 1.38. The van der Waals surface area contributed by atoms with Crippen LogP contribution < -0.4 is 0 Å². The van der Waals surface area contributed by atoms with Gasteiger partial charge in [0, 0.05) is 18.3 Å². The van der Waals surface area contributed by atoms with E-state index >= 15 is 0 Å². The predicted molar refractivity (Wildman–Crippen MR) is 60.0 cm³/mol. The summed E-state index contributed by atoms with van der Waals surface area (Å²) in [5, 5.41) is 0. The minimum Gasteiger partial charge on any atom is -0.365 e. The van der Waals surface area contributed by atoms with Crippen molar-refractivity contribution >= 4 is 6.08 Å². The molecule has 0 aliphatic heterocycles. The van der Waals surface area contributed by atoms with Crippen LogP contribution in [0.3, 0.4) is 0 Å². The first kappa shape index (κ1) is 8.82. The molecule has 0 unspecified atom stereocenters. The Morgan fingerprint density at radius 2 is 1.86 bits per heavy atom. The number of benzene rings is 1. The van der Waals surface area contributed by atoms with Crippen LogP contribution in [0.15, 0.2) is 54.7 Å². The average molecular weight is 183 g/mol. The van der Waals surface area contributed by atoms with E-state index < -0.39 is 0 Å². The van der Waals surface area contributed by atoms with Crippen LogP contribution in [0.4, 0.5) is 0 Å². The Kier molecular flexibility index (Phi) is 2.82. The van der Waals surface area contributed by atoms with Gasteiger partial charge in [0.25, 0.3) is 0 Å². The summed E-state index contributed by atoms with van der Waals surface area (Å²) in [5.41, 5.74) is 2.50. The van der Waals surface area contributed by atoms with Crippen molar-refractivity contribution in [3.63, 3.8) is 0 Å². The molecule has 1 heterocycles. The van der Waals surface area contributed by atoms with Crippen molar-refractivity contribution in [1.29, 1.82) is 0 Å². The van der Waals surface area contributed by atoms with E-state index in [1.165, 1.54) is 11.3 Å². The highest BCUT2D eigenvalue weighted by Gasteiger charge is 1.87. The van der Waals surface area contributed by atoms with Crippen molar-refractivity contribution in [1.82, 2.24) is 4.98 Å². The molecule has 0 saturated heterocycles. The zero-order valence-corrected chi connectivity index (χ0v) is 7.98. The van der Waals surface area contributed by atoms with Gasteiger partial charge in [-0.05, 0) is 17.7 Å². The largest absolute Gasteiger partial charge is 0.365 e. The third-order valence-corrected chi connectivity index (χ3v) is 2.11. The van der Waals surface area contributed by atoms with Gasteiger partial charge in [0.1, 0.15) is 0 Å². The summed E-state index contributed by atoms with van der Waals surface area (Å²) in [7, 11) is 0. The first-order chi connectivity index (χ1) is 6.95. The molecule has 0 saturated carbocycles. The molecular formula is C13H13N. The maximum Gasteiger partial charge on any atom is 0.0185 e. The van der Waals surface area contributed by atoms with E-state index in [0.717, 1.165) is 6.42 Å². The second-order valence-corrected chi connectivity index (χ2v) is 3.21. The highest BCUT2D eigenvalue weighted by atomic mass is 14.7. The van der Waals surface area contributed by atoms with E-state index in [1.807, 2.05) is 30.5 Å². The number of allylic oxidation sites excluding steroid dienone is 1. The summed E-state index contributed by atoms with van der Waals surface area (Å²) in [4.78, 5) is 3.17. The maximum absolute atomic E-state index is 3.17. The number of rotatable bonds is 3. The molecule has 1 N–H and O–H groups in total. The number of aromatic amines is 1. The second kappa shape index (κ2) is 4.47. The molecule has 1 heteroatoms. The van der Waals surface area contributed by atoms with Crippen LogP contribution in [0.25, 0.3) is 6.08 Å². The number of H-pyrrole nitrogens is 1. The predicted octanol–water partition coefficient (Wildman–Crippen LogP) is 3.27. The summed E-state index contributed by atoms with van der Waals surface area (Å²) in [6, 6.07) is 14.4. The van der Waals surface area contributed by atoms with Crippen molar-refractivity contribution in [2.75, 3.05) is 0 Å². The SMILES string of the molecule is C(=Cc1ccccc1)Cc1ccc[nH]1. The molecule has 1 aromatic heterocycles. The third-order valence-electron chi connectivity index (χ3n) is 2.11. The Balaban J connectivity index is 1.96. The van der Waals surface area contributed by atoms with E-state index in [0.29, 0.717) is 0 Å². The van der Waals surface area contributed by atoms with Gasteiger partial charge in [0.05, 0.1) is 0 Å². The van der Waals surface area contributed by atoms with Crippen molar-refractivity contribution in [3.8, 4) is 0 Å². The molecule has 1 nitrogen and oxygen atoms in total. The fraction of sp³-hybridized carbons (Fsp3) is 0.0769. The molecule has 0 atom stereocenters. The van der Waals surface area contributed by atoms with E-state index in [1.54, 1.807) is 0 Å². The van der Waals surface area contributed by atoms with Gasteiger partial charge in [-0.25, -0.2) is 0 Å². The van der Waals surface area contributed by atoms with Crippen LogP contribution in [0.5, 0.6) is 0 Å². The van der Waals surface area contributed by atoms with Crippen LogP contribution in [0.1, 0.15) is 11.3 Å². The normalized spacial score (nSPS) is 10.9. The lowest BCUT2D eigenvalue weighted by atomic mass is 10.2. The molecule has 0 spiro atoms. The van der Waals surface area contributed by atoms with Gasteiger partial charge in [0.2, 0.25) is 0 Å². The lowest BCUT2D eigenvalue weighted by Gasteiger charge is -1.91. The summed E-state index contributed by atoms with van der Waals surface area (Å²) in [6.45, 7) is 0. The molecule has 0 radical (unpaired) electrons. The van der Waals surface area contributed by atoms with Gasteiger partial charge in [-0.3, -0.25) is 0 Å². The lowest BCUT2D eigenvalue weighted by molar-refractivity contribution is 1.16. The van der Waals surface area contributed by atoms with Gasteiger partial charge in [0.15, 0.2) is 0 Å². The average Bonchev–Trinajstić information content (AvgIpc) is 2.72. The molecule has 1 aromatic carbocycles. The van der Waals surface area contributed by atoms with Crippen LogP contribution >= 0.6 is 0 Å². The molecule has 2 aromatic rings. The molecule has 0 amide bonds. The second-order valence-electron chi connectivity index (χ2n) is 3.21. The van der Waals surface area contributed by atoms with E-state index in [4.69, 9.17) is 0 Å². The van der Waals surface area contributed by atoms with Gasteiger partial charge < -0.3 is 4.98 Å². The Morgan fingerprint density at radius 3 is 2.57 bits per heavy atom. The number of aromatic nitrogens is 1. The Morgan fingerprint density at radius 1 is 1.00 bits per heavy atom. The molecule has 2 rings (SSSR count). The van der Waals surface area contributed by atoms with E-state index in [-0.39, 0.29) is 0 Å². The van der Waals surface area contributed by atoms with Crippen molar-refractivity contribution in [2.45, 2.75) is 6.42 Å². The van der Waals surface area contributed by atoms with Crippen LogP contribution in [0, 0.1) is 0 Å². The number of hydrogen-bond acceptors (Lipinski definition) is 0. The summed E-state index contributed by atoms with van der Waals surface area (Å²) >= 11 is 0. The summed E-state index contributed by atoms with van der Waals surface area (Å²) < 4.78 is 0. The molecule has 0 bridgehead atoms. The Hall–Kier alpha value is -1.76. The van der Waals surface area contributed by atoms with Crippen LogP contribution in [-0.4, -0.2) is 4.98 Å². The first-order valence-corrected chi connectivity index (χ1v) is 4.79. The first-order valence-electron chi connectivity index (χ1n) is 4.79. The minimum absolute atomic E-state index is 0.960. The highest BCUT2D eigenvalue weighted by Crippen LogP contribution is 2.03. The molecule has 0 fully saturated rings. The van der Waals surface area contributed by atoms with Gasteiger partial charge in [-0.2, -0.15) is 0 Å². The van der Waals surface area contributed by atoms with E-state index in [9.17, 15) is 0 Å². The minimum atomic E-state index is 0.960. The van der Waals surface area contributed by atoms with Crippen molar-refractivity contribution in [3.05, 3.63) is 66.0 Å². The molecular weight excluding hydrogens is 170 g/mol. The topological polar surface area (TPSA) is 15.8 Å². The Labute approximate surface area is 84.1 Å².